The van der Waals surface area contributed by atoms with E-state index in [0.717, 1.165) is 25.9 Å². The first-order valence-corrected chi connectivity index (χ1v) is 7.94. The van der Waals surface area contributed by atoms with Crippen LogP contribution < -0.4 is 10.9 Å². The molecular weight excluding hydrogens is 302 g/mol. The van der Waals surface area contributed by atoms with Gasteiger partial charge in [-0.3, -0.25) is 9.59 Å². The van der Waals surface area contributed by atoms with Gasteiger partial charge in [-0.2, -0.15) is 0 Å². The number of amides is 1. The van der Waals surface area contributed by atoms with E-state index >= 15 is 0 Å². The molecule has 4 atom stereocenters. The van der Waals surface area contributed by atoms with Gasteiger partial charge in [0.15, 0.2) is 0 Å². The van der Waals surface area contributed by atoms with Crippen LogP contribution in [-0.4, -0.2) is 40.5 Å². The molecule has 3 aliphatic rings. The van der Waals surface area contributed by atoms with Crippen LogP contribution in [0.1, 0.15) is 30.1 Å². The Bertz CT molecular complexity index is 627. The second-order valence-corrected chi connectivity index (χ2v) is 6.45. The monoisotopic (exact) mass is 323 g/mol. The predicted octanol–water partition coefficient (Wildman–Crippen LogP) is 1.11. The molecule has 3 saturated heterocycles. The van der Waals surface area contributed by atoms with Gasteiger partial charge in [-0.25, -0.2) is 0 Å². The molecule has 0 aliphatic carbocycles. The Labute approximate surface area is 136 Å². The normalized spacial score (nSPS) is 32.0. The summed E-state index contributed by atoms with van der Waals surface area (Å²) in [6.45, 7) is 4.63. The fourth-order valence-corrected chi connectivity index (χ4v) is 4.62. The van der Waals surface area contributed by atoms with Gasteiger partial charge in [0.05, 0.1) is 0 Å². The molecule has 0 radical (unpaired) electrons. The van der Waals surface area contributed by atoms with Crippen LogP contribution in [-0.2, 0) is 6.54 Å². The highest BCUT2D eigenvalue weighted by atomic mass is 35.5. The van der Waals surface area contributed by atoms with E-state index in [4.69, 9.17) is 0 Å². The van der Waals surface area contributed by atoms with Crippen molar-refractivity contribution in [3.63, 3.8) is 0 Å². The summed E-state index contributed by atoms with van der Waals surface area (Å²) in [6, 6.07) is 4.03. The number of nitrogens with one attached hydrogen (secondary N) is 1. The molecule has 1 aromatic rings. The molecule has 0 unspecified atom stereocenters. The summed E-state index contributed by atoms with van der Waals surface area (Å²) in [6.07, 6.45) is 3.96. The van der Waals surface area contributed by atoms with Gasteiger partial charge < -0.3 is 14.8 Å². The topological polar surface area (TPSA) is 54.3 Å². The first-order chi connectivity index (χ1) is 10.2. The summed E-state index contributed by atoms with van der Waals surface area (Å²) in [5.74, 6) is 1.28. The fourth-order valence-electron chi connectivity index (χ4n) is 4.62. The van der Waals surface area contributed by atoms with E-state index in [-0.39, 0.29) is 23.9 Å². The summed E-state index contributed by atoms with van der Waals surface area (Å²) in [4.78, 5) is 26.9. The zero-order valence-electron chi connectivity index (χ0n) is 12.7. The Hall–Kier alpha value is -1.33. The Morgan fingerprint density at radius 2 is 1.91 bits per heavy atom. The van der Waals surface area contributed by atoms with Crippen LogP contribution in [0, 0.1) is 11.8 Å². The minimum atomic E-state index is -0.0863. The lowest BCUT2D eigenvalue weighted by Crippen LogP contribution is -2.39. The van der Waals surface area contributed by atoms with Gasteiger partial charge >= 0.3 is 0 Å². The number of rotatable bonds is 2. The second kappa shape index (κ2) is 5.70. The SMILES string of the molecule is CCn1ccc(C(=O)N2[C@@H]3CC[C@H]2[C@H]2CNC[C@H]23)cc1=O.Cl. The number of halogens is 1. The molecular formula is C16H22ClN3O2. The lowest BCUT2D eigenvalue weighted by molar-refractivity contribution is 0.0709. The molecule has 0 saturated carbocycles. The highest BCUT2D eigenvalue weighted by molar-refractivity contribution is 5.95. The number of hydrogen-bond donors (Lipinski definition) is 1. The van der Waals surface area contributed by atoms with Crippen molar-refractivity contribution in [3.8, 4) is 0 Å². The average Bonchev–Trinajstić information content (AvgIpc) is 3.18. The van der Waals surface area contributed by atoms with Crippen molar-refractivity contribution < 1.29 is 4.79 Å². The van der Waals surface area contributed by atoms with Gasteiger partial charge in [-0.1, -0.05) is 0 Å². The average molecular weight is 324 g/mol. The molecule has 3 fully saturated rings. The number of fused-ring (bicyclic) bond motifs is 5. The number of hydrogen-bond acceptors (Lipinski definition) is 3. The highest BCUT2D eigenvalue weighted by Crippen LogP contribution is 2.47. The van der Waals surface area contributed by atoms with Crippen molar-refractivity contribution >= 4 is 18.3 Å². The van der Waals surface area contributed by atoms with Crippen LogP contribution in [0.2, 0.25) is 0 Å². The third kappa shape index (κ3) is 2.10. The Balaban J connectivity index is 0.00000144. The molecule has 22 heavy (non-hydrogen) atoms. The smallest absolute Gasteiger partial charge is 0.254 e. The van der Waals surface area contributed by atoms with Gasteiger partial charge in [0.1, 0.15) is 0 Å². The van der Waals surface area contributed by atoms with Crippen molar-refractivity contribution in [2.75, 3.05) is 13.1 Å². The number of nitrogens with zero attached hydrogens (tertiary/aromatic N) is 2. The number of carbonyl (C=O) groups is 1. The van der Waals surface area contributed by atoms with E-state index < -0.39 is 0 Å². The molecule has 3 aliphatic heterocycles. The van der Waals surface area contributed by atoms with Crippen molar-refractivity contribution in [2.45, 2.75) is 38.4 Å². The summed E-state index contributed by atoms with van der Waals surface area (Å²) < 4.78 is 1.62. The molecule has 6 heteroatoms. The first-order valence-electron chi connectivity index (χ1n) is 7.94. The fraction of sp³-hybridized carbons (Fsp3) is 0.625. The van der Waals surface area contributed by atoms with Gasteiger partial charge in [0.25, 0.3) is 11.5 Å². The van der Waals surface area contributed by atoms with Gasteiger partial charge in [-0.15, -0.1) is 12.4 Å². The summed E-state index contributed by atoms with van der Waals surface area (Å²) >= 11 is 0. The largest absolute Gasteiger partial charge is 0.332 e. The molecule has 1 amide bonds. The van der Waals surface area contributed by atoms with Gasteiger partial charge in [-0.05, 0) is 37.7 Å². The minimum absolute atomic E-state index is 0. The maximum absolute atomic E-state index is 12.8. The van der Waals surface area contributed by atoms with Crippen molar-refractivity contribution in [2.24, 2.45) is 11.8 Å². The number of carbonyl (C=O) groups excluding carboxylic acids is 1. The quantitative estimate of drug-likeness (QED) is 0.887. The molecule has 4 heterocycles. The molecule has 4 rings (SSSR count). The van der Waals surface area contributed by atoms with Crippen LogP contribution in [0.5, 0.6) is 0 Å². The Morgan fingerprint density at radius 3 is 2.45 bits per heavy atom. The van der Waals surface area contributed by atoms with Crippen LogP contribution in [0.15, 0.2) is 23.1 Å². The third-order valence-corrected chi connectivity index (χ3v) is 5.59. The van der Waals surface area contributed by atoms with E-state index in [9.17, 15) is 9.59 Å². The standard InChI is InChI=1S/C16H21N3O2.ClH/c1-2-18-6-5-10(7-15(18)20)16(21)19-13-3-4-14(19)12-9-17-8-11(12)13;/h5-7,11-14,17H,2-4,8-9H2,1H3;1H/t11-,12+,13-,14+;. The van der Waals surface area contributed by atoms with Crippen LogP contribution in [0.3, 0.4) is 0 Å². The summed E-state index contributed by atoms with van der Waals surface area (Å²) in [5.41, 5.74) is 0.464. The van der Waals surface area contributed by atoms with Crippen molar-refractivity contribution in [3.05, 3.63) is 34.2 Å². The molecule has 0 aromatic carbocycles. The van der Waals surface area contributed by atoms with E-state index in [1.165, 1.54) is 6.07 Å². The molecule has 0 spiro atoms. The minimum Gasteiger partial charge on any atom is -0.332 e. The van der Waals surface area contributed by atoms with Gasteiger partial charge in [0, 0.05) is 49.5 Å². The molecule has 2 bridgehead atoms. The van der Waals surface area contributed by atoms with Crippen LogP contribution in [0.25, 0.3) is 0 Å². The van der Waals surface area contributed by atoms with E-state index in [2.05, 4.69) is 10.2 Å². The summed E-state index contributed by atoms with van der Waals surface area (Å²) in [5, 5.41) is 3.46. The number of aromatic nitrogens is 1. The number of pyridine rings is 1. The van der Waals surface area contributed by atoms with Crippen LogP contribution in [0.4, 0.5) is 0 Å². The zero-order chi connectivity index (χ0) is 14.6. The lowest BCUT2D eigenvalue weighted by Gasteiger charge is -2.24. The van der Waals surface area contributed by atoms with Crippen LogP contribution >= 0.6 is 12.4 Å². The molecule has 5 nitrogen and oxygen atoms in total. The number of aryl methyl sites for hydroxylation is 1. The van der Waals surface area contributed by atoms with Gasteiger partial charge in [0.2, 0.25) is 0 Å². The first kappa shape index (κ1) is 15.6. The van der Waals surface area contributed by atoms with E-state index in [1.807, 2.05) is 6.92 Å². The van der Waals surface area contributed by atoms with E-state index in [1.54, 1.807) is 16.8 Å². The third-order valence-electron chi connectivity index (χ3n) is 5.59. The highest BCUT2D eigenvalue weighted by Gasteiger charge is 2.56. The van der Waals surface area contributed by atoms with Crippen molar-refractivity contribution in [1.29, 1.82) is 0 Å². The maximum Gasteiger partial charge on any atom is 0.254 e. The second-order valence-electron chi connectivity index (χ2n) is 6.45. The Kier molecular flexibility index (Phi) is 4.03. The Morgan fingerprint density at radius 1 is 1.27 bits per heavy atom. The maximum atomic E-state index is 12.8. The predicted molar refractivity (Wildman–Crippen MR) is 86.5 cm³/mol. The zero-order valence-corrected chi connectivity index (χ0v) is 13.5. The summed E-state index contributed by atoms with van der Waals surface area (Å²) in [7, 11) is 0. The van der Waals surface area contributed by atoms with E-state index in [0.29, 0.717) is 36.0 Å². The molecule has 120 valence electrons. The molecule has 1 N–H and O–H groups in total. The molecule has 1 aromatic heterocycles. The lowest BCUT2D eigenvalue weighted by atomic mass is 9.82. The van der Waals surface area contributed by atoms with Crippen molar-refractivity contribution in [1.82, 2.24) is 14.8 Å².